The monoisotopic (exact) mass is 297 g/mol. The van der Waals surface area contributed by atoms with Gasteiger partial charge in [0.15, 0.2) is 0 Å². The van der Waals surface area contributed by atoms with Gasteiger partial charge in [0.1, 0.15) is 5.60 Å². The number of aromatic nitrogens is 2. The molecule has 116 valence electrons. The van der Waals surface area contributed by atoms with E-state index in [0.29, 0.717) is 11.8 Å². The first-order valence-corrected chi connectivity index (χ1v) is 8.13. The molecule has 0 aliphatic heterocycles. The number of hydrogen-bond acceptors (Lipinski definition) is 4. The van der Waals surface area contributed by atoms with Gasteiger partial charge in [-0.05, 0) is 69.4 Å². The van der Waals surface area contributed by atoms with Crippen molar-refractivity contribution in [1.82, 2.24) is 9.97 Å². The predicted octanol–water partition coefficient (Wildman–Crippen LogP) is 3.45. The molecule has 1 atom stereocenters. The molecule has 4 rings (SSSR count). The van der Waals surface area contributed by atoms with Gasteiger partial charge in [-0.15, -0.1) is 0 Å². The Balaban J connectivity index is 1.88. The van der Waals surface area contributed by atoms with E-state index in [2.05, 4.69) is 29.9 Å². The van der Waals surface area contributed by atoms with Crippen LogP contribution in [-0.4, -0.2) is 15.6 Å². The number of nitrogens with two attached hydrogens (primary N) is 1. The molecule has 2 heterocycles. The lowest BCUT2D eigenvalue weighted by molar-refractivity contribution is 0.194. The first-order valence-electron chi connectivity index (χ1n) is 8.13. The Morgan fingerprint density at radius 1 is 1.23 bits per heavy atom. The van der Waals surface area contributed by atoms with Gasteiger partial charge in [-0.25, -0.2) is 4.98 Å². The van der Waals surface area contributed by atoms with E-state index in [0.717, 1.165) is 34.9 Å². The Hall–Kier alpha value is -1.68. The van der Waals surface area contributed by atoms with Crippen LogP contribution in [0, 0.1) is 12.8 Å². The quantitative estimate of drug-likeness (QED) is 0.939. The number of fused-ring (bicyclic) bond motifs is 1. The zero-order valence-corrected chi connectivity index (χ0v) is 13.5. The highest BCUT2D eigenvalue weighted by atomic mass is 16.5. The van der Waals surface area contributed by atoms with Crippen molar-refractivity contribution in [2.75, 3.05) is 0 Å². The van der Waals surface area contributed by atoms with Gasteiger partial charge in [0.2, 0.25) is 5.88 Å². The first-order chi connectivity index (χ1) is 10.4. The van der Waals surface area contributed by atoms with Crippen molar-refractivity contribution in [1.29, 1.82) is 0 Å². The minimum Gasteiger partial charge on any atom is -0.471 e. The first kappa shape index (κ1) is 13.9. The zero-order valence-electron chi connectivity index (χ0n) is 13.5. The highest BCUT2D eigenvalue weighted by molar-refractivity contribution is 5.90. The van der Waals surface area contributed by atoms with Gasteiger partial charge in [-0.2, -0.15) is 0 Å². The van der Waals surface area contributed by atoms with E-state index >= 15 is 0 Å². The number of ether oxygens (including phenoxy) is 1. The molecule has 2 saturated carbocycles. The van der Waals surface area contributed by atoms with E-state index in [9.17, 15) is 0 Å². The Morgan fingerprint density at radius 3 is 2.59 bits per heavy atom. The summed E-state index contributed by atoms with van der Waals surface area (Å²) >= 11 is 0. The minimum absolute atomic E-state index is 0.0468. The van der Waals surface area contributed by atoms with E-state index in [1.807, 2.05) is 19.3 Å². The van der Waals surface area contributed by atoms with Gasteiger partial charge < -0.3 is 10.5 Å². The lowest BCUT2D eigenvalue weighted by Gasteiger charge is -2.27. The molecule has 0 amide bonds. The lowest BCUT2D eigenvalue weighted by atomic mass is 9.86. The second-order valence-electron chi connectivity index (χ2n) is 7.46. The van der Waals surface area contributed by atoms with Crippen LogP contribution in [0.15, 0.2) is 18.5 Å². The SMILES string of the molecule is Cc1cc2c(C(C)(N)C3CC3)cnc(OC3(C)CC3)c2cn1. The van der Waals surface area contributed by atoms with Crippen LogP contribution < -0.4 is 10.5 Å². The van der Waals surface area contributed by atoms with E-state index < -0.39 is 0 Å². The smallest absolute Gasteiger partial charge is 0.223 e. The highest BCUT2D eigenvalue weighted by Gasteiger charge is 2.43. The van der Waals surface area contributed by atoms with Gasteiger partial charge >= 0.3 is 0 Å². The molecule has 2 N–H and O–H groups in total. The molecule has 0 aromatic carbocycles. The Labute approximate surface area is 131 Å². The molecule has 1 unspecified atom stereocenters. The van der Waals surface area contributed by atoms with Gasteiger partial charge in [0.25, 0.3) is 0 Å². The molecule has 2 aliphatic carbocycles. The standard InChI is InChI=1S/C18H23N3O/c1-11-8-13-14(9-20-11)16(22-17(2)6-7-17)21-10-15(13)18(3,19)12-4-5-12/h8-10,12H,4-7,19H2,1-3H3. The average Bonchev–Trinajstić information content (AvgIpc) is 3.34. The molecule has 0 spiro atoms. The molecular formula is C18H23N3O. The minimum atomic E-state index is -0.332. The number of aryl methyl sites for hydroxylation is 1. The summed E-state index contributed by atoms with van der Waals surface area (Å²) in [6.45, 7) is 6.27. The summed E-state index contributed by atoms with van der Waals surface area (Å²) in [6.07, 6.45) is 8.39. The summed E-state index contributed by atoms with van der Waals surface area (Å²) in [5, 5.41) is 2.12. The normalized spacial score (nSPS) is 22.4. The van der Waals surface area contributed by atoms with E-state index in [1.54, 1.807) is 0 Å². The zero-order chi connectivity index (χ0) is 15.5. The number of rotatable bonds is 4. The molecule has 4 heteroatoms. The summed E-state index contributed by atoms with van der Waals surface area (Å²) in [5.74, 6) is 1.25. The van der Waals surface area contributed by atoms with Crippen molar-refractivity contribution in [3.63, 3.8) is 0 Å². The van der Waals surface area contributed by atoms with Crippen molar-refractivity contribution in [3.05, 3.63) is 29.7 Å². The van der Waals surface area contributed by atoms with Crippen LogP contribution in [-0.2, 0) is 5.54 Å². The molecular weight excluding hydrogens is 274 g/mol. The van der Waals surface area contributed by atoms with Gasteiger partial charge in [0.05, 0.1) is 5.39 Å². The third-order valence-corrected chi connectivity index (χ3v) is 5.18. The van der Waals surface area contributed by atoms with Crippen LogP contribution in [0.25, 0.3) is 10.8 Å². The van der Waals surface area contributed by atoms with Gasteiger partial charge in [0, 0.05) is 23.6 Å². The van der Waals surface area contributed by atoms with Crippen LogP contribution >= 0.6 is 0 Å². The number of pyridine rings is 2. The van der Waals surface area contributed by atoms with Crippen molar-refractivity contribution in [2.45, 2.75) is 57.6 Å². The predicted molar refractivity (Wildman–Crippen MR) is 86.8 cm³/mol. The maximum absolute atomic E-state index is 6.65. The summed E-state index contributed by atoms with van der Waals surface area (Å²) in [7, 11) is 0. The molecule has 2 fully saturated rings. The fourth-order valence-corrected chi connectivity index (χ4v) is 3.14. The summed E-state index contributed by atoms with van der Waals surface area (Å²) in [6, 6.07) is 2.11. The third kappa shape index (κ3) is 2.26. The maximum atomic E-state index is 6.65. The van der Waals surface area contributed by atoms with Crippen LogP contribution in [0.1, 0.15) is 50.8 Å². The van der Waals surface area contributed by atoms with Crippen molar-refractivity contribution in [3.8, 4) is 5.88 Å². The second-order valence-corrected chi connectivity index (χ2v) is 7.46. The van der Waals surface area contributed by atoms with Gasteiger partial charge in [-0.3, -0.25) is 4.98 Å². The van der Waals surface area contributed by atoms with Crippen LogP contribution in [0.5, 0.6) is 5.88 Å². The summed E-state index contributed by atoms with van der Waals surface area (Å²) in [4.78, 5) is 9.04. The van der Waals surface area contributed by atoms with Crippen molar-refractivity contribution in [2.24, 2.45) is 11.7 Å². The summed E-state index contributed by atoms with van der Waals surface area (Å²) < 4.78 is 6.12. The highest BCUT2D eigenvalue weighted by Crippen LogP contribution is 2.47. The number of hydrogen-bond donors (Lipinski definition) is 1. The molecule has 2 aromatic rings. The van der Waals surface area contributed by atoms with Crippen LogP contribution in [0.3, 0.4) is 0 Å². The van der Waals surface area contributed by atoms with Crippen LogP contribution in [0.2, 0.25) is 0 Å². The molecule has 0 radical (unpaired) electrons. The average molecular weight is 297 g/mol. The molecule has 2 aliphatic rings. The third-order valence-electron chi connectivity index (χ3n) is 5.18. The topological polar surface area (TPSA) is 61.0 Å². The Bertz CT molecular complexity index is 745. The molecule has 2 aromatic heterocycles. The van der Waals surface area contributed by atoms with Crippen molar-refractivity contribution >= 4 is 10.8 Å². The van der Waals surface area contributed by atoms with E-state index in [1.165, 1.54) is 12.8 Å². The maximum Gasteiger partial charge on any atom is 0.223 e. The van der Waals surface area contributed by atoms with E-state index in [-0.39, 0.29) is 11.1 Å². The molecule has 4 nitrogen and oxygen atoms in total. The Morgan fingerprint density at radius 2 is 1.95 bits per heavy atom. The Kier molecular flexibility index (Phi) is 2.80. The van der Waals surface area contributed by atoms with Crippen molar-refractivity contribution < 1.29 is 4.74 Å². The number of nitrogens with zero attached hydrogens (tertiary/aromatic N) is 2. The fraction of sp³-hybridized carbons (Fsp3) is 0.556. The molecule has 0 bridgehead atoms. The second kappa shape index (κ2) is 4.42. The molecule has 0 saturated heterocycles. The molecule has 22 heavy (non-hydrogen) atoms. The summed E-state index contributed by atoms with van der Waals surface area (Å²) in [5.41, 5.74) is 8.38. The largest absolute Gasteiger partial charge is 0.471 e. The lowest BCUT2D eigenvalue weighted by Crippen LogP contribution is -2.35. The fourth-order valence-electron chi connectivity index (χ4n) is 3.14. The van der Waals surface area contributed by atoms with E-state index in [4.69, 9.17) is 10.5 Å². The van der Waals surface area contributed by atoms with Crippen LogP contribution in [0.4, 0.5) is 0 Å². The van der Waals surface area contributed by atoms with Gasteiger partial charge in [-0.1, -0.05) is 0 Å².